The molecule has 0 aliphatic carbocycles. The number of nitrogens with one attached hydrogen (secondary N) is 1. The molecule has 0 atom stereocenters. The van der Waals surface area contributed by atoms with E-state index in [-0.39, 0.29) is 17.6 Å². The molecule has 1 aromatic rings. The standard InChI is InChI=1S/C16H26N2O4/c1-16(2,3)22-15(21)18(4)10-6-9-17-11-12-7-5-8-13(19)14(12)20/h5,7-8,17,19-20H,6,9-11H2,1-4H3. The summed E-state index contributed by atoms with van der Waals surface area (Å²) in [5.41, 5.74) is 0.150. The van der Waals surface area contributed by atoms with E-state index in [1.54, 1.807) is 24.1 Å². The van der Waals surface area contributed by atoms with Gasteiger partial charge in [0.15, 0.2) is 11.5 Å². The number of hydrogen-bond acceptors (Lipinski definition) is 5. The van der Waals surface area contributed by atoms with Crippen molar-refractivity contribution in [2.75, 3.05) is 20.1 Å². The molecule has 6 nitrogen and oxygen atoms in total. The Labute approximate surface area is 131 Å². The van der Waals surface area contributed by atoms with Crippen LogP contribution in [0.25, 0.3) is 0 Å². The van der Waals surface area contributed by atoms with Gasteiger partial charge < -0.3 is 25.2 Å². The first-order valence-corrected chi connectivity index (χ1v) is 7.35. The number of hydrogen-bond donors (Lipinski definition) is 3. The second-order valence-corrected chi connectivity index (χ2v) is 6.22. The van der Waals surface area contributed by atoms with Gasteiger partial charge in [0, 0.05) is 25.7 Å². The van der Waals surface area contributed by atoms with E-state index < -0.39 is 5.60 Å². The molecule has 0 saturated heterocycles. The SMILES string of the molecule is CN(CCCNCc1cccc(O)c1O)C(=O)OC(C)(C)C. The summed E-state index contributed by atoms with van der Waals surface area (Å²) in [7, 11) is 1.70. The quantitative estimate of drug-likeness (QED) is 0.555. The molecule has 0 bridgehead atoms. The Kier molecular flexibility index (Phi) is 6.49. The van der Waals surface area contributed by atoms with E-state index >= 15 is 0 Å². The second-order valence-electron chi connectivity index (χ2n) is 6.22. The Morgan fingerprint density at radius 3 is 2.64 bits per heavy atom. The lowest BCUT2D eigenvalue weighted by molar-refractivity contribution is 0.0297. The number of carbonyl (C=O) groups is 1. The molecule has 0 aliphatic rings. The number of nitrogens with zero attached hydrogens (tertiary/aromatic N) is 1. The topological polar surface area (TPSA) is 82.0 Å². The summed E-state index contributed by atoms with van der Waals surface area (Å²) in [6.45, 7) is 7.22. The molecule has 1 amide bonds. The van der Waals surface area contributed by atoms with E-state index in [4.69, 9.17) is 4.74 Å². The van der Waals surface area contributed by atoms with Crippen LogP contribution in [0.15, 0.2) is 18.2 Å². The van der Waals surface area contributed by atoms with Gasteiger partial charge in [-0.1, -0.05) is 12.1 Å². The van der Waals surface area contributed by atoms with Gasteiger partial charge >= 0.3 is 6.09 Å². The number of ether oxygens (including phenoxy) is 1. The van der Waals surface area contributed by atoms with Crippen molar-refractivity contribution in [2.24, 2.45) is 0 Å². The molecule has 0 spiro atoms. The largest absolute Gasteiger partial charge is 0.504 e. The molecule has 1 rings (SSSR count). The van der Waals surface area contributed by atoms with Crippen LogP contribution >= 0.6 is 0 Å². The van der Waals surface area contributed by atoms with E-state index in [0.29, 0.717) is 25.2 Å². The van der Waals surface area contributed by atoms with Gasteiger partial charge in [0.1, 0.15) is 5.60 Å². The number of rotatable bonds is 6. The lowest BCUT2D eigenvalue weighted by Gasteiger charge is -2.24. The monoisotopic (exact) mass is 310 g/mol. The smallest absolute Gasteiger partial charge is 0.410 e. The maximum Gasteiger partial charge on any atom is 0.410 e. The van der Waals surface area contributed by atoms with Gasteiger partial charge in [0.2, 0.25) is 0 Å². The first-order chi connectivity index (χ1) is 10.2. The highest BCUT2D eigenvalue weighted by Crippen LogP contribution is 2.27. The zero-order valence-corrected chi connectivity index (χ0v) is 13.7. The molecule has 3 N–H and O–H groups in total. The van der Waals surface area contributed by atoms with Crippen LogP contribution in [0.1, 0.15) is 32.8 Å². The van der Waals surface area contributed by atoms with E-state index in [9.17, 15) is 15.0 Å². The fourth-order valence-electron chi connectivity index (χ4n) is 1.82. The summed E-state index contributed by atoms with van der Waals surface area (Å²) in [5, 5.41) is 22.2. The fourth-order valence-corrected chi connectivity index (χ4v) is 1.82. The van der Waals surface area contributed by atoms with Crippen LogP contribution in [-0.2, 0) is 11.3 Å². The number of phenols is 2. The average molecular weight is 310 g/mol. The summed E-state index contributed by atoms with van der Waals surface area (Å²) in [6, 6.07) is 4.87. The predicted octanol–water partition coefficient (Wildman–Crippen LogP) is 2.44. The number of benzene rings is 1. The normalized spacial score (nSPS) is 11.3. The third-order valence-electron chi connectivity index (χ3n) is 2.97. The number of para-hydroxylation sites is 1. The third kappa shape index (κ3) is 6.22. The molecule has 0 saturated carbocycles. The van der Waals surface area contributed by atoms with Gasteiger partial charge in [-0.05, 0) is 39.8 Å². The summed E-state index contributed by atoms with van der Waals surface area (Å²) >= 11 is 0. The van der Waals surface area contributed by atoms with Gasteiger partial charge in [-0.15, -0.1) is 0 Å². The fraction of sp³-hybridized carbons (Fsp3) is 0.562. The Hall–Kier alpha value is -1.95. The minimum Gasteiger partial charge on any atom is -0.504 e. The number of phenolic OH excluding ortho intramolecular Hbond substituents is 2. The molecule has 0 aliphatic heterocycles. The van der Waals surface area contributed by atoms with Gasteiger partial charge in [-0.3, -0.25) is 0 Å². The number of aromatic hydroxyl groups is 2. The van der Waals surface area contributed by atoms with Gasteiger partial charge in [0.05, 0.1) is 0 Å². The molecule has 22 heavy (non-hydrogen) atoms. The van der Waals surface area contributed by atoms with Crippen LogP contribution in [-0.4, -0.2) is 46.9 Å². The third-order valence-corrected chi connectivity index (χ3v) is 2.97. The van der Waals surface area contributed by atoms with Crippen LogP contribution in [0.2, 0.25) is 0 Å². The van der Waals surface area contributed by atoms with Crippen molar-refractivity contribution in [3.8, 4) is 11.5 Å². The molecule has 0 unspecified atom stereocenters. The van der Waals surface area contributed by atoms with Gasteiger partial charge in [-0.2, -0.15) is 0 Å². The van der Waals surface area contributed by atoms with Crippen molar-refractivity contribution in [1.82, 2.24) is 10.2 Å². The van der Waals surface area contributed by atoms with E-state index in [0.717, 1.165) is 6.42 Å². The molecular weight excluding hydrogens is 284 g/mol. The summed E-state index contributed by atoms with van der Waals surface area (Å²) in [6.07, 6.45) is 0.424. The Balaban J connectivity index is 2.25. The van der Waals surface area contributed by atoms with Crippen molar-refractivity contribution in [3.05, 3.63) is 23.8 Å². The van der Waals surface area contributed by atoms with Crippen molar-refractivity contribution >= 4 is 6.09 Å². The Morgan fingerprint density at radius 2 is 2.00 bits per heavy atom. The maximum atomic E-state index is 11.7. The minimum atomic E-state index is -0.490. The van der Waals surface area contributed by atoms with Gasteiger partial charge in [-0.25, -0.2) is 4.79 Å². The molecule has 124 valence electrons. The molecule has 0 aromatic heterocycles. The van der Waals surface area contributed by atoms with E-state index in [1.165, 1.54) is 6.07 Å². The number of amides is 1. The lowest BCUT2D eigenvalue weighted by Crippen LogP contribution is -2.35. The zero-order chi connectivity index (χ0) is 16.8. The van der Waals surface area contributed by atoms with Gasteiger partial charge in [0.25, 0.3) is 0 Å². The van der Waals surface area contributed by atoms with Crippen LogP contribution in [0, 0.1) is 0 Å². The number of carbonyl (C=O) groups excluding carboxylic acids is 1. The zero-order valence-electron chi connectivity index (χ0n) is 13.7. The molecular formula is C16H26N2O4. The molecule has 1 aromatic carbocycles. The molecule has 0 heterocycles. The summed E-state index contributed by atoms with van der Waals surface area (Å²) < 4.78 is 5.26. The van der Waals surface area contributed by atoms with Crippen molar-refractivity contribution in [1.29, 1.82) is 0 Å². The van der Waals surface area contributed by atoms with Crippen LogP contribution in [0.4, 0.5) is 4.79 Å². The van der Waals surface area contributed by atoms with E-state index in [2.05, 4.69) is 5.32 Å². The summed E-state index contributed by atoms with van der Waals surface area (Å²) in [5.74, 6) is -0.218. The Bertz CT molecular complexity index is 497. The Morgan fingerprint density at radius 1 is 1.32 bits per heavy atom. The maximum absolute atomic E-state index is 11.7. The highest BCUT2D eigenvalue weighted by Gasteiger charge is 2.19. The first kappa shape index (κ1) is 18.1. The second kappa shape index (κ2) is 7.89. The van der Waals surface area contributed by atoms with Crippen LogP contribution < -0.4 is 5.32 Å². The average Bonchev–Trinajstić information content (AvgIpc) is 2.40. The molecule has 0 fully saturated rings. The van der Waals surface area contributed by atoms with Crippen LogP contribution in [0.3, 0.4) is 0 Å². The van der Waals surface area contributed by atoms with Crippen molar-refractivity contribution in [3.63, 3.8) is 0 Å². The van der Waals surface area contributed by atoms with E-state index in [1.807, 2.05) is 20.8 Å². The predicted molar refractivity (Wildman–Crippen MR) is 85.0 cm³/mol. The molecule has 6 heteroatoms. The van der Waals surface area contributed by atoms with Crippen LogP contribution in [0.5, 0.6) is 11.5 Å². The lowest BCUT2D eigenvalue weighted by atomic mass is 10.2. The first-order valence-electron chi connectivity index (χ1n) is 7.35. The van der Waals surface area contributed by atoms with Crippen molar-refractivity contribution < 1.29 is 19.7 Å². The minimum absolute atomic E-state index is 0.0964. The highest BCUT2D eigenvalue weighted by molar-refractivity contribution is 5.67. The van der Waals surface area contributed by atoms with Crippen molar-refractivity contribution in [2.45, 2.75) is 39.3 Å². The molecule has 0 radical (unpaired) electrons. The summed E-state index contributed by atoms with van der Waals surface area (Å²) in [4.78, 5) is 13.3. The highest BCUT2D eigenvalue weighted by atomic mass is 16.6.